The van der Waals surface area contributed by atoms with Gasteiger partial charge in [0, 0.05) is 29.4 Å². The molecular weight excluding hydrogens is 360 g/mol. The molecule has 2 aromatic carbocycles. The largest absolute Gasteiger partial charge is 0.319 e. The first-order valence-electron chi connectivity index (χ1n) is 8.72. The quantitative estimate of drug-likeness (QED) is 0.369. The van der Waals surface area contributed by atoms with Crippen LogP contribution in [0.1, 0.15) is 21.6 Å². The van der Waals surface area contributed by atoms with Crippen molar-refractivity contribution < 1.29 is 18.4 Å². The standard InChI is InChI=1S/C23H15F2NO2/c24-17-10-9-16(14-18(17)25)23(28)22-19-8-4-5-12-26(19)20(11-13-27)21(22)15-6-2-1-3-7-15/h1-10,12-14H,11H2. The fourth-order valence-electron chi connectivity index (χ4n) is 3.48. The van der Waals surface area contributed by atoms with Gasteiger partial charge in [-0.25, -0.2) is 8.78 Å². The molecule has 0 spiro atoms. The van der Waals surface area contributed by atoms with Crippen LogP contribution in [0.25, 0.3) is 16.6 Å². The Kier molecular flexibility index (Phi) is 4.57. The summed E-state index contributed by atoms with van der Waals surface area (Å²) in [5.74, 6) is -2.52. The molecule has 0 aliphatic carbocycles. The van der Waals surface area contributed by atoms with Crippen LogP contribution in [0.15, 0.2) is 72.9 Å². The van der Waals surface area contributed by atoms with E-state index in [0.29, 0.717) is 22.3 Å². The average Bonchev–Trinajstić information content (AvgIpc) is 3.05. The Balaban J connectivity index is 2.05. The topological polar surface area (TPSA) is 38.5 Å². The smallest absolute Gasteiger partial charge is 0.195 e. The van der Waals surface area contributed by atoms with Crippen LogP contribution in [0, 0.1) is 11.6 Å². The number of pyridine rings is 1. The molecule has 0 atom stereocenters. The van der Waals surface area contributed by atoms with Gasteiger partial charge >= 0.3 is 0 Å². The number of hydrogen-bond donors (Lipinski definition) is 0. The summed E-state index contributed by atoms with van der Waals surface area (Å²) in [6, 6.07) is 17.7. The molecule has 2 heterocycles. The lowest BCUT2D eigenvalue weighted by Gasteiger charge is -2.07. The Morgan fingerprint density at radius 2 is 1.68 bits per heavy atom. The molecule has 0 saturated heterocycles. The summed E-state index contributed by atoms with van der Waals surface area (Å²) in [5, 5.41) is 0. The summed E-state index contributed by atoms with van der Waals surface area (Å²) < 4.78 is 28.9. The number of rotatable bonds is 5. The minimum atomic E-state index is -1.08. The molecule has 5 heteroatoms. The Morgan fingerprint density at radius 3 is 2.39 bits per heavy atom. The van der Waals surface area contributed by atoms with Crippen molar-refractivity contribution in [2.75, 3.05) is 0 Å². The zero-order valence-electron chi connectivity index (χ0n) is 14.7. The number of fused-ring (bicyclic) bond motifs is 1. The summed E-state index contributed by atoms with van der Waals surface area (Å²) in [4.78, 5) is 24.7. The van der Waals surface area contributed by atoms with E-state index in [4.69, 9.17) is 0 Å². The molecule has 0 amide bonds. The van der Waals surface area contributed by atoms with E-state index in [2.05, 4.69) is 0 Å². The SMILES string of the molecule is O=CCc1c(-c2ccccc2)c(C(=O)c2ccc(F)c(F)c2)c2ccccn12. The zero-order valence-corrected chi connectivity index (χ0v) is 14.7. The second-order valence-electron chi connectivity index (χ2n) is 6.35. The van der Waals surface area contributed by atoms with Crippen LogP contribution >= 0.6 is 0 Å². The number of aromatic nitrogens is 1. The summed E-state index contributed by atoms with van der Waals surface area (Å²) in [7, 11) is 0. The Labute approximate surface area is 159 Å². The number of carbonyl (C=O) groups is 2. The Morgan fingerprint density at radius 1 is 0.929 bits per heavy atom. The third-order valence-corrected chi connectivity index (χ3v) is 4.69. The molecule has 4 rings (SSSR count). The third-order valence-electron chi connectivity index (χ3n) is 4.69. The fourth-order valence-corrected chi connectivity index (χ4v) is 3.48. The monoisotopic (exact) mass is 375 g/mol. The summed E-state index contributed by atoms with van der Waals surface area (Å²) in [6.07, 6.45) is 2.68. The highest BCUT2D eigenvalue weighted by Gasteiger charge is 2.25. The summed E-state index contributed by atoms with van der Waals surface area (Å²) in [6.45, 7) is 0. The van der Waals surface area contributed by atoms with E-state index in [1.807, 2.05) is 36.4 Å². The molecule has 28 heavy (non-hydrogen) atoms. The average molecular weight is 375 g/mol. The van der Waals surface area contributed by atoms with E-state index in [1.165, 1.54) is 6.07 Å². The molecule has 0 saturated carbocycles. The van der Waals surface area contributed by atoms with Crippen LogP contribution in [0.4, 0.5) is 8.78 Å². The Bertz CT molecular complexity index is 1200. The molecule has 0 N–H and O–H groups in total. The van der Waals surface area contributed by atoms with Crippen molar-refractivity contribution in [1.29, 1.82) is 0 Å². The van der Waals surface area contributed by atoms with Crippen LogP contribution in [-0.4, -0.2) is 16.5 Å². The molecule has 138 valence electrons. The molecule has 4 aromatic rings. The van der Waals surface area contributed by atoms with Gasteiger partial charge in [-0.15, -0.1) is 0 Å². The maximum atomic E-state index is 13.7. The van der Waals surface area contributed by atoms with Crippen LogP contribution in [0.2, 0.25) is 0 Å². The molecule has 0 aliphatic rings. The van der Waals surface area contributed by atoms with Gasteiger partial charge in [-0.1, -0.05) is 36.4 Å². The third kappa shape index (κ3) is 2.91. The van der Waals surface area contributed by atoms with Gasteiger partial charge in [0.2, 0.25) is 0 Å². The van der Waals surface area contributed by atoms with Crippen molar-refractivity contribution in [3.05, 3.63) is 101 Å². The fraction of sp³-hybridized carbons (Fsp3) is 0.0435. The number of aldehydes is 1. The van der Waals surface area contributed by atoms with Crippen molar-refractivity contribution >= 4 is 17.6 Å². The van der Waals surface area contributed by atoms with E-state index in [-0.39, 0.29) is 12.0 Å². The maximum absolute atomic E-state index is 13.7. The lowest BCUT2D eigenvalue weighted by molar-refractivity contribution is -0.107. The second kappa shape index (κ2) is 7.19. The van der Waals surface area contributed by atoms with Crippen LogP contribution in [0.3, 0.4) is 0 Å². The second-order valence-corrected chi connectivity index (χ2v) is 6.35. The maximum Gasteiger partial charge on any atom is 0.195 e. The first kappa shape index (κ1) is 17.8. The van der Waals surface area contributed by atoms with Gasteiger partial charge in [0.05, 0.1) is 11.1 Å². The number of benzene rings is 2. The van der Waals surface area contributed by atoms with Crippen molar-refractivity contribution in [2.24, 2.45) is 0 Å². The van der Waals surface area contributed by atoms with E-state index in [0.717, 1.165) is 24.0 Å². The molecule has 2 aromatic heterocycles. The van der Waals surface area contributed by atoms with Gasteiger partial charge in [0.1, 0.15) is 6.29 Å². The van der Waals surface area contributed by atoms with E-state index in [9.17, 15) is 18.4 Å². The number of carbonyl (C=O) groups excluding carboxylic acids is 2. The first-order chi connectivity index (χ1) is 13.6. The van der Waals surface area contributed by atoms with E-state index >= 15 is 0 Å². The highest BCUT2D eigenvalue weighted by Crippen LogP contribution is 2.35. The molecule has 3 nitrogen and oxygen atoms in total. The first-order valence-corrected chi connectivity index (χ1v) is 8.72. The van der Waals surface area contributed by atoms with Crippen molar-refractivity contribution in [3.63, 3.8) is 0 Å². The minimum Gasteiger partial charge on any atom is -0.319 e. The Hall–Kier alpha value is -3.60. The van der Waals surface area contributed by atoms with Crippen LogP contribution in [0.5, 0.6) is 0 Å². The predicted octanol–water partition coefficient (Wildman–Crippen LogP) is 4.86. The number of halogens is 2. The van der Waals surface area contributed by atoms with Crippen molar-refractivity contribution in [1.82, 2.24) is 4.40 Å². The van der Waals surface area contributed by atoms with Gasteiger partial charge < -0.3 is 9.20 Å². The molecular formula is C23H15F2NO2. The van der Waals surface area contributed by atoms with Gasteiger partial charge in [-0.05, 0) is 35.9 Å². The molecule has 0 bridgehead atoms. The van der Waals surface area contributed by atoms with Crippen molar-refractivity contribution in [2.45, 2.75) is 6.42 Å². The summed E-state index contributed by atoms with van der Waals surface area (Å²) >= 11 is 0. The van der Waals surface area contributed by atoms with Gasteiger partial charge in [-0.2, -0.15) is 0 Å². The lowest BCUT2D eigenvalue weighted by Crippen LogP contribution is -2.04. The van der Waals surface area contributed by atoms with E-state index < -0.39 is 17.4 Å². The summed E-state index contributed by atoms with van der Waals surface area (Å²) in [5.41, 5.74) is 3.07. The van der Waals surface area contributed by atoms with E-state index in [1.54, 1.807) is 22.7 Å². The highest BCUT2D eigenvalue weighted by atomic mass is 19.2. The molecule has 0 radical (unpaired) electrons. The normalized spacial score (nSPS) is 10.9. The molecule has 0 fully saturated rings. The van der Waals surface area contributed by atoms with Gasteiger partial charge in [0.15, 0.2) is 17.4 Å². The molecule has 0 unspecified atom stereocenters. The number of nitrogens with zero attached hydrogens (tertiary/aromatic N) is 1. The lowest BCUT2D eigenvalue weighted by atomic mass is 9.94. The number of hydrogen-bond acceptors (Lipinski definition) is 2. The predicted molar refractivity (Wildman–Crippen MR) is 102 cm³/mol. The molecule has 0 aliphatic heterocycles. The highest BCUT2D eigenvalue weighted by molar-refractivity contribution is 6.18. The van der Waals surface area contributed by atoms with Crippen molar-refractivity contribution in [3.8, 4) is 11.1 Å². The van der Waals surface area contributed by atoms with Gasteiger partial charge in [0.25, 0.3) is 0 Å². The van der Waals surface area contributed by atoms with Gasteiger partial charge in [-0.3, -0.25) is 4.79 Å². The van der Waals surface area contributed by atoms with Crippen LogP contribution < -0.4 is 0 Å². The zero-order chi connectivity index (χ0) is 19.7. The van der Waals surface area contributed by atoms with Crippen LogP contribution in [-0.2, 0) is 11.2 Å². The minimum absolute atomic E-state index is 0.0464. The number of ketones is 1.